The normalized spacial score (nSPS) is 17.1. The molecule has 1 aliphatic heterocycles. The van der Waals surface area contributed by atoms with Crippen molar-refractivity contribution in [3.05, 3.63) is 102 Å². The number of aryl methyl sites for hydroxylation is 1. The largest absolute Gasteiger partial charge is 0.273 e. The highest BCUT2D eigenvalue weighted by atomic mass is 32.2. The third-order valence-electron chi connectivity index (χ3n) is 5.53. The predicted molar refractivity (Wildman–Crippen MR) is 113 cm³/mol. The van der Waals surface area contributed by atoms with Crippen LogP contribution in [0.4, 0.5) is 0 Å². The number of hydrogen-bond donors (Lipinski definition) is 0. The molecule has 3 aromatic rings. The van der Waals surface area contributed by atoms with Gasteiger partial charge in [-0.3, -0.25) is 4.79 Å². The molecule has 148 valence electrons. The molecule has 1 heterocycles. The Hall–Kier alpha value is -2.92. The molecule has 0 radical (unpaired) electrons. The van der Waals surface area contributed by atoms with E-state index in [1.165, 1.54) is 0 Å². The van der Waals surface area contributed by atoms with Crippen LogP contribution in [0.1, 0.15) is 29.0 Å². The molecule has 0 N–H and O–H groups in total. The molecule has 4 nitrogen and oxygen atoms in total. The number of sulfonamides is 1. The van der Waals surface area contributed by atoms with E-state index in [0.717, 1.165) is 21.0 Å². The van der Waals surface area contributed by atoms with Gasteiger partial charge in [0, 0.05) is 12.5 Å². The fraction of sp³-hybridized carbons (Fsp3) is 0.208. The summed E-state index contributed by atoms with van der Waals surface area (Å²) in [5.74, 6) is -0.925. The van der Waals surface area contributed by atoms with Crippen LogP contribution in [0, 0.1) is 12.8 Å². The number of amides is 1. The summed E-state index contributed by atoms with van der Waals surface area (Å²) < 4.78 is 27.3. The molecular formula is C24H23NO3S. The van der Waals surface area contributed by atoms with Crippen molar-refractivity contribution in [3.63, 3.8) is 0 Å². The molecule has 4 rings (SSSR count). The third-order valence-corrected chi connectivity index (χ3v) is 7.35. The van der Waals surface area contributed by atoms with Crippen molar-refractivity contribution in [1.82, 2.24) is 4.31 Å². The summed E-state index contributed by atoms with van der Waals surface area (Å²) in [6.45, 7) is 2.10. The van der Waals surface area contributed by atoms with E-state index in [0.29, 0.717) is 6.42 Å². The van der Waals surface area contributed by atoms with Gasteiger partial charge in [-0.2, -0.15) is 0 Å². The van der Waals surface area contributed by atoms with Crippen LogP contribution in [0.25, 0.3) is 0 Å². The van der Waals surface area contributed by atoms with Gasteiger partial charge in [0.25, 0.3) is 10.0 Å². The van der Waals surface area contributed by atoms with Crippen LogP contribution in [0.2, 0.25) is 0 Å². The molecule has 1 aliphatic rings. The monoisotopic (exact) mass is 405 g/mol. The van der Waals surface area contributed by atoms with Crippen LogP contribution in [0.5, 0.6) is 0 Å². The highest BCUT2D eigenvalue weighted by Crippen LogP contribution is 2.39. The first-order chi connectivity index (χ1) is 14.0. The molecule has 0 aromatic heterocycles. The van der Waals surface area contributed by atoms with Gasteiger partial charge in [-0.1, -0.05) is 78.4 Å². The van der Waals surface area contributed by atoms with Crippen LogP contribution < -0.4 is 0 Å². The van der Waals surface area contributed by atoms with Gasteiger partial charge >= 0.3 is 0 Å². The lowest BCUT2D eigenvalue weighted by Gasteiger charge is -2.24. The molecule has 1 unspecified atom stereocenters. The standard InChI is InChI=1S/C24H23NO3S/c1-18-12-14-21(15-13-18)29(27,28)25-17-16-22(24(25)26)23(19-8-4-2-5-9-19)20-10-6-3-7-11-20/h2-15,22-23H,16-17H2,1H3. The van der Waals surface area contributed by atoms with Crippen LogP contribution >= 0.6 is 0 Å². The number of nitrogens with zero attached hydrogens (tertiary/aromatic N) is 1. The summed E-state index contributed by atoms with van der Waals surface area (Å²) in [4.78, 5) is 13.5. The molecule has 0 bridgehead atoms. The maximum absolute atomic E-state index is 13.3. The van der Waals surface area contributed by atoms with Crippen molar-refractivity contribution in [1.29, 1.82) is 0 Å². The zero-order valence-electron chi connectivity index (χ0n) is 16.2. The Morgan fingerprint density at radius 2 is 1.34 bits per heavy atom. The Morgan fingerprint density at radius 1 is 0.828 bits per heavy atom. The molecule has 3 aromatic carbocycles. The summed E-state index contributed by atoms with van der Waals surface area (Å²) in [6, 6.07) is 26.3. The lowest BCUT2D eigenvalue weighted by atomic mass is 9.80. The number of rotatable bonds is 5. The quantitative estimate of drug-likeness (QED) is 0.634. The Bertz CT molecular complexity index is 1050. The number of carbonyl (C=O) groups excluding carboxylic acids is 1. The highest BCUT2D eigenvalue weighted by Gasteiger charge is 2.44. The summed E-state index contributed by atoms with van der Waals surface area (Å²) in [5, 5.41) is 0. The maximum atomic E-state index is 13.3. The number of benzene rings is 3. The summed E-state index contributed by atoms with van der Waals surface area (Å²) in [6.07, 6.45) is 0.498. The van der Waals surface area contributed by atoms with Gasteiger partial charge in [0.15, 0.2) is 0 Å². The van der Waals surface area contributed by atoms with Crippen LogP contribution in [0.15, 0.2) is 89.8 Å². The van der Waals surface area contributed by atoms with Gasteiger partial charge in [-0.25, -0.2) is 12.7 Å². The molecular weight excluding hydrogens is 382 g/mol. The van der Waals surface area contributed by atoms with Gasteiger partial charge in [-0.15, -0.1) is 0 Å². The first-order valence-corrected chi connectivity index (χ1v) is 11.2. The predicted octanol–water partition coefficient (Wildman–Crippen LogP) is 4.36. The topological polar surface area (TPSA) is 54.5 Å². The second-order valence-electron chi connectivity index (χ2n) is 7.42. The van der Waals surface area contributed by atoms with Gasteiger partial charge < -0.3 is 0 Å². The van der Waals surface area contributed by atoms with E-state index in [-0.39, 0.29) is 23.3 Å². The van der Waals surface area contributed by atoms with Gasteiger partial charge in [0.2, 0.25) is 5.91 Å². The first kappa shape index (κ1) is 19.4. The second kappa shape index (κ2) is 7.84. The second-order valence-corrected chi connectivity index (χ2v) is 9.28. The molecule has 1 atom stereocenters. The van der Waals surface area contributed by atoms with Crippen molar-refractivity contribution in [2.24, 2.45) is 5.92 Å². The number of hydrogen-bond acceptors (Lipinski definition) is 3. The molecule has 29 heavy (non-hydrogen) atoms. The van der Waals surface area contributed by atoms with E-state index in [1.54, 1.807) is 24.3 Å². The summed E-state index contributed by atoms with van der Waals surface area (Å²) in [5.41, 5.74) is 3.01. The van der Waals surface area contributed by atoms with Crippen LogP contribution in [-0.4, -0.2) is 25.2 Å². The van der Waals surface area contributed by atoms with Gasteiger partial charge in [0.05, 0.1) is 10.8 Å². The van der Waals surface area contributed by atoms with E-state index in [1.807, 2.05) is 67.6 Å². The van der Waals surface area contributed by atoms with Gasteiger partial charge in [0.1, 0.15) is 0 Å². The van der Waals surface area contributed by atoms with E-state index in [4.69, 9.17) is 0 Å². The minimum atomic E-state index is -3.85. The van der Waals surface area contributed by atoms with Gasteiger partial charge in [-0.05, 0) is 36.6 Å². The Morgan fingerprint density at radius 3 is 1.86 bits per heavy atom. The molecule has 0 saturated carbocycles. The molecule has 5 heteroatoms. The number of carbonyl (C=O) groups is 1. The minimum Gasteiger partial charge on any atom is -0.273 e. The fourth-order valence-corrected chi connectivity index (χ4v) is 5.49. The van der Waals surface area contributed by atoms with Crippen molar-refractivity contribution in [3.8, 4) is 0 Å². The van der Waals surface area contributed by atoms with Crippen molar-refractivity contribution in [2.45, 2.75) is 24.2 Å². The summed E-state index contributed by atoms with van der Waals surface area (Å²) >= 11 is 0. The molecule has 0 aliphatic carbocycles. The Kier molecular flexibility index (Phi) is 5.24. The minimum absolute atomic E-state index is 0.160. The smallest absolute Gasteiger partial charge is 0.266 e. The first-order valence-electron chi connectivity index (χ1n) is 9.71. The van der Waals surface area contributed by atoms with Crippen LogP contribution in [-0.2, 0) is 14.8 Å². The van der Waals surface area contributed by atoms with E-state index >= 15 is 0 Å². The molecule has 0 spiro atoms. The average molecular weight is 406 g/mol. The lowest BCUT2D eigenvalue weighted by Crippen LogP contribution is -2.35. The maximum Gasteiger partial charge on any atom is 0.266 e. The Labute approximate surface area is 171 Å². The zero-order valence-corrected chi connectivity index (χ0v) is 17.0. The SMILES string of the molecule is Cc1ccc(S(=O)(=O)N2CCC(C(c3ccccc3)c3ccccc3)C2=O)cc1. The van der Waals surface area contributed by atoms with Crippen molar-refractivity contribution in [2.75, 3.05) is 6.54 Å². The van der Waals surface area contributed by atoms with E-state index in [9.17, 15) is 13.2 Å². The summed E-state index contributed by atoms with van der Waals surface area (Å²) in [7, 11) is -3.85. The molecule has 1 saturated heterocycles. The zero-order chi connectivity index (χ0) is 20.4. The molecule has 1 amide bonds. The fourth-order valence-electron chi connectivity index (χ4n) is 4.04. The van der Waals surface area contributed by atoms with Crippen LogP contribution in [0.3, 0.4) is 0 Å². The lowest BCUT2D eigenvalue weighted by molar-refractivity contribution is -0.127. The van der Waals surface area contributed by atoms with Crippen molar-refractivity contribution < 1.29 is 13.2 Å². The van der Waals surface area contributed by atoms with E-state index < -0.39 is 15.9 Å². The third kappa shape index (κ3) is 3.70. The molecule has 1 fully saturated rings. The van der Waals surface area contributed by atoms with E-state index in [2.05, 4.69) is 0 Å². The van der Waals surface area contributed by atoms with Crippen molar-refractivity contribution >= 4 is 15.9 Å². The highest BCUT2D eigenvalue weighted by molar-refractivity contribution is 7.89. The average Bonchev–Trinajstić information content (AvgIpc) is 3.12. The Balaban J connectivity index is 1.70.